The Labute approximate surface area is 97.9 Å². The van der Waals surface area contributed by atoms with Crippen molar-refractivity contribution in [2.75, 3.05) is 13.1 Å². The van der Waals surface area contributed by atoms with Crippen molar-refractivity contribution < 1.29 is 9.53 Å². The molecular weight excluding hydrogens is 204 g/mol. The van der Waals surface area contributed by atoms with Crippen molar-refractivity contribution in [1.82, 2.24) is 5.32 Å². The van der Waals surface area contributed by atoms with Gasteiger partial charge in [-0.05, 0) is 58.4 Å². The van der Waals surface area contributed by atoms with E-state index in [1.807, 2.05) is 20.8 Å². The molecule has 1 aliphatic rings. The first kappa shape index (κ1) is 13.3. The maximum Gasteiger partial charge on any atom is 0.407 e. The summed E-state index contributed by atoms with van der Waals surface area (Å²) in [6.45, 7) is 7.08. The fraction of sp³-hybridized carbons (Fsp3) is 0.917. The van der Waals surface area contributed by atoms with Gasteiger partial charge in [-0.3, -0.25) is 0 Å². The lowest BCUT2D eigenvalue weighted by Gasteiger charge is -2.20. The van der Waals surface area contributed by atoms with Crippen LogP contribution in [0.3, 0.4) is 0 Å². The Bertz CT molecular complexity index is 236. The van der Waals surface area contributed by atoms with Crippen LogP contribution in [0.1, 0.15) is 40.0 Å². The van der Waals surface area contributed by atoms with Crippen molar-refractivity contribution in [2.24, 2.45) is 17.6 Å². The smallest absolute Gasteiger partial charge is 0.407 e. The van der Waals surface area contributed by atoms with E-state index in [0.29, 0.717) is 18.4 Å². The molecule has 4 heteroatoms. The fourth-order valence-corrected chi connectivity index (χ4v) is 2.12. The van der Waals surface area contributed by atoms with E-state index in [1.54, 1.807) is 0 Å². The monoisotopic (exact) mass is 228 g/mol. The molecule has 94 valence electrons. The lowest BCUT2D eigenvalue weighted by Crippen LogP contribution is -2.35. The number of amides is 1. The van der Waals surface area contributed by atoms with Gasteiger partial charge in [0, 0.05) is 6.54 Å². The average Bonchev–Trinajstić information content (AvgIpc) is 2.59. The number of hydrogen-bond acceptors (Lipinski definition) is 3. The van der Waals surface area contributed by atoms with Gasteiger partial charge in [0.1, 0.15) is 5.60 Å². The van der Waals surface area contributed by atoms with Crippen LogP contribution in [0.15, 0.2) is 0 Å². The summed E-state index contributed by atoms with van der Waals surface area (Å²) >= 11 is 0. The Hall–Kier alpha value is -0.770. The molecule has 0 unspecified atom stereocenters. The highest BCUT2D eigenvalue weighted by atomic mass is 16.6. The third kappa shape index (κ3) is 4.84. The van der Waals surface area contributed by atoms with Crippen molar-refractivity contribution in [3.63, 3.8) is 0 Å². The summed E-state index contributed by atoms with van der Waals surface area (Å²) in [6.07, 6.45) is 3.17. The highest BCUT2D eigenvalue weighted by Crippen LogP contribution is 2.29. The predicted octanol–water partition coefficient (Wildman–Crippen LogP) is 1.89. The van der Waals surface area contributed by atoms with Crippen LogP contribution in [-0.4, -0.2) is 24.8 Å². The van der Waals surface area contributed by atoms with E-state index in [4.69, 9.17) is 10.5 Å². The van der Waals surface area contributed by atoms with E-state index in [-0.39, 0.29) is 6.09 Å². The summed E-state index contributed by atoms with van der Waals surface area (Å²) in [5, 5.41) is 2.82. The highest BCUT2D eigenvalue weighted by molar-refractivity contribution is 5.67. The normalized spacial score (nSPS) is 25.5. The number of ether oxygens (including phenoxy) is 1. The maximum atomic E-state index is 11.4. The summed E-state index contributed by atoms with van der Waals surface area (Å²) in [4.78, 5) is 11.4. The molecule has 0 aliphatic heterocycles. The van der Waals surface area contributed by atoms with Gasteiger partial charge in [-0.15, -0.1) is 0 Å². The second-order valence-electron chi connectivity index (χ2n) is 5.66. The largest absolute Gasteiger partial charge is 0.444 e. The Morgan fingerprint density at radius 3 is 2.50 bits per heavy atom. The lowest BCUT2D eigenvalue weighted by atomic mass is 10.1. The van der Waals surface area contributed by atoms with Gasteiger partial charge in [0.15, 0.2) is 0 Å². The molecule has 0 heterocycles. The molecule has 0 aromatic rings. The van der Waals surface area contributed by atoms with Crippen LogP contribution in [0.5, 0.6) is 0 Å². The first-order valence-electron chi connectivity index (χ1n) is 6.07. The molecule has 1 rings (SSSR count). The first-order chi connectivity index (χ1) is 7.40. The quantitative estimate of drug-likeness (QED) is 0.775. The minimum Gasteiger partial charge on any atom is -0.444 e. The number of nitrogens with one attached hydrogen (secondary N) is 1. The van der Waals surface area contributed by atoms with Gasteiger partial charge in [-0.1, -0.05) is 0 Å². The summed E-state index contributed by atoms with van der Waals surface area (Å²) < 4.78 is 5.18. The van der Waals surface area contributed by atoms with Crippen LogP contribution < -0.4 is 11.1 Å². The van der Waals surface area contributed by atoms with E-state index < -0.39 is 5.60 Å². The molecule has 1 aliphatic carbocycles. The van der Waals surface area contributed by atoms with Gasteiger partial charge in [-0.25, -0.2) is 4.79 Å². The summed E-state index contributed by atoms with van der Waals surface area (Å²) in [5.74, 6) is 1.21. The zero-order valence-corrected chi connectivity index (χ0v) is 10.6. The molecule has 1 amide bonds. The van der Waals surface area contributed by atoms with E-state index in [2.05, 4.69) is 5.32 Å². The topological polar surface area (TPSA) is 64.3 Å². The van der Waals surface area contributed by atoms with Crippen LogP contribution in [0.25, 0.3) is 0 Å². The molecule has 0 saturated heterocycles. The standard InChI is InChI=1S/C12H24N2O2/c1-12(2,3)16-11(15)14-8-10-5-4-9(6-10)7-13/h9-10H,4-8,13H2,1-3H3,(H,14,15)/t9-,10+/m1/s1. The molecule has 1 fully saturated rings. The summed E-state index contributed by atoms with van der Waals surface area (Å²) in [7, 11) is 0. The molecule has 1 saturated carbocycles. The van der Waals surface area contributed by atoms with E-state index in [1.165, 1.54) is 6.42 Å². The number of alkyl carbamates (subject to hydrolysis) is 1. The molecule has 0 aromatic carbocycles. The molecule has 3 N–H and O–H groups in total. The summed E-state index contributed by atoms with van der Waals surface area (Å²) in [6, 6.07) is 0. The predicted molar refractivity (Wildman–Crippen MR) is 64.1 cm³/mol. The number of nitrogens with two attached hydrogens (primary N) is 1. The molecule has 2 atom stereocenters. The van der Waals surface area contributed by atoms with Gasteiger partial charge in [0.25, 0.3) is 0 Å². The van der Waals surface area contributed by atoms with Crippen molar-refractivity contribution in [3.8, 4) is 0 Å². The van der Waals surface area contributed by atoms with Crippen molar-refractivity contribution in [3.05, 3.63) is 0 Å². The minimum atomic E-state index is -0.417. The third-order valence-corrected chi connectivity index (χ3v) is 2.92. The van der Waals surface area contributed by atoms with Crippen LogP contribution in [-0.2, 0) is 4.74 Å². The number of carbonyl (C=O) groups is 1. The van der Waals surface area contributed by atoms with Crippen molar-refractivity contribution in [1.29, 1.82) is 0 Å². The van der Waals surface area contributed by atoms with E-state index >= 15 is 0 Å². The van der Waals surface area contributed by atoms with Gasteiger partial charge >= 0.3 is 6.09 Å². The van der Waals surface area contributed by atoms with Gasteiger partial charge in [-0.2, -0.15) is 0 Å². The molecule has 0 radical (unpaired) electrons. The van der Waals surface area contributed by atoms with Gasteiger partial charge in [0.05, 0.1) is 0 Å². The van der Waals surface area contributed by atoms with Crippen LogP contribution in [0.4, 0.5) is 4.79 Å². The zero-order valence-electron chi connectivity index (χ0n) is 10.6. The zero-order chi connectivity index (χ0) is 12.2. The number of rotatable bonds is 3. The van der Waals surface area contributed by atoms with Crippen LogP contribution >= 0.6 is 0 Å². The second-order valence-corrected chi connectivity index (χ2v) is 5.66. The fourth-order valence-electron chi connectivity index (χ4n) is 2.12. The lowest BCUT2D eigenvalue weighted by molar-refractivity contribution is 0.0519. The average molecular weight is 228 g/mol. The second kappa shape index (κ2) is 5.53. The Morgan fingerprint density at radius 1 is 1.38 bits per heavy atom. The Balaban J connectivity index is 2.18. The molecule has 0 bridgehead atoms. The third-order valence-electron chi connectivity index (χ3n) is 2.92. The van der Waals surface area contributed by atoms with E-state index in [9.17, 15) is 4.79 Å². The maximum absolute atomic E-state index is 11.4. The molecule has 0 spiro atoms. The van der Waals surface area contributed by atoms with Crippen molar-refractivity contribution in [2.45, 2.75) is 45.6 Å². The molecule has 0 aromatic heterocycles. The van der Waals surface area contributed by atoms with Gasteiger partial charge in [0.2, 0.25) is 0 Å². The Kier molecular flexibility index (Phi) is 4.59. The number of carbonyl (C=O) groups excluding carboxylic acids is 1. The highest BCUT2D eigenvalue weighted by Gasteiger charge is 2.24. The van der Waals surface area contributed by atoms with Crippen molar-refractivity contribution >= 4 is 6.09 Å². The van der Waals surface area contributed by atoms with Crippen LogP contribution in [0, 0.1) is 11.8 Å². The first-order valence-corrected chi connectivity index (χ1v) is 6.07. The summed E-state index contributed by atoms with van der Waals surface area (Å²) in [5.41, 5.74) is 5.21. The van der Waals surface area contributed by atoms with E-state index in [0.717, 1.165) is 19.4 Å². The Morgan fingerprint density at radius 2 is 2.00 bits per heavy atom. The molecule has 4 nitrogen and oxygen atoms in total. The molecule has 16 heavy (non-hydrogen) atoms. The SMILES string of the molecule is CC(C)(C)OC(=O)NC[C@H]1CC[C@@H](CN)C1. The van der Waals surface area contributed by atoms with Gasteiger partial charge < -0.3 is 15.8 Å². The van der Waals surface area contributed by atoms with Crippen LogP contribution in [0.2, 0.25) is 0 Å². The number of hydrogen-bond donors (Lipinski definition) is 2. The molecular formula is C12H24N2O2. The minimum absolute atomic E-state index is 0.316.